The molecule has 0 aliphatic carbocycles. The second-order valence-corrected chi connectivity index (χ2v) is 3.17. The fourth-order valence-electron chi connectivity index (χ4n) is 0.954. The number of carbonyl (C=O) groups excluding carboxylic acids is 1. The van der Waals surface area contributed by atoms with Crippen molar-refractivity contribution in [3.8, 4) is 0 Å². The number of hydrogen-bond acceptors (Lipinski definition) is 1. The van der Waals surface area contributed by atoms with E-state index in [0.717, 1.165) is 16.5 Å². The van der Waals surface area contributed by atoms with Gasteiger partial charge in [-0.3, -0.25) is 4.79 Å². The first-order valence-corrected chi connectivity index (χ1v) is 4.23. The van der Waals surface area contributed by atoms with Crippen molar-refractivity contribution in [1.82, 2.24) is 0 Å². The van der Waals surface area contributed by atoms with Crippen LogP contribution in [-0.2, 0) is 11.2 Å². The molecule has 0 aliphatic rings. The summed E-state index contributed by atoms with van der Waals surface area (Å²) in [4.78, 5) is 10.4. The first-order valence-electron chi connectivity index (χ1n) is 3.44. The van der Waals surface area contributed by atoms with Gasteiger partial charge in [0.25, 0.3) is 0 Å². The Balaban J connectivity index is 3.16. The molecule has 0 bridgehead atoms. The van der Waals surface area contributed by atoms with E-state index in [1.54, 1.807) is 6.07 Å². The Hall–Kier alpha value is -0.630. The number of hydrogen-bond donors (Lipinski definition) is 0. The predicted octanol–water partition coefficient (Wildman–Crippen LogP) is 2.47. The third-order valence-electron chi connectivity index (χ3n) is 1.56. The average molecular weight is 212 g/mol. The molecule has 0 heterocycles. The lowest BCUT2D eigenvalue weighted by Gasteiger charge is -1.99. The first-order chi connectivity index (χ1) is 5.27. The lowest BCUT2D eigenvalue weighted by Crippen LogP contribution is -1.89. The molecule has 0 saturated carbocycles. The minimum Gasteiger partial charge on any atom is -0.285 e. The first kappa shape index (κ1) is 8.47. The van der Waals surface area contributed by atoms with E-state index in [1.807, 2.05) is 25.3 Å². The molecule has 0 aromatic heterocycles. The molecule has 1 aromatic rings. The van der Waals surface area contributed by atoms with Crippen LogP contribution in [0.1, 0.15) is 18.1 Å². The second kappa shape index (κ2) is 3.67. The molecular formula is C9H8BrO. The van der Waals surface area contributed by atoms with Crippen LogP contribution in [0.3, 0.4) is 0 Å². The topological polar surface area (TPSA) is 17.1 Å². The van der Waals surface area contributed by atoms with Crippen LogP contribution in [0.2, 0.25) is 0 Å². The fourth-order valence-corrected chi connectivity index (χ4v) is 1.36. The van der Waals surface area contributed by atoms with E-state index in [0.29, 0.717) is 5.56 Å². The van der Waals surface area contributed by atoms with Crippen molar-refractivity contribution in [1.29, 1.82) is 0 Å². The van der Waals surface area contributed by atoms with Gasteiger partial charge in [0.2, 0.25) is 6.29 Å². The summed E-state index contributed by atoms with van der Waals surface area (Å²) in [7, 11) is 0. The molecule has 0 fully saturated rings. The van der Waals surface area contributed by atoms with Crippen molar-refractivity contribution in [2.24, 2.45) is 0 Å². The van der Waals surface area contributed by atoms with Crippen LogP contribution in [0.15, 0.2) is 22.7 Å². The molecule has 0 atom stereocenters. The third kappa shape index (κ3) is 1.90. The molecule has 0 aliphatic heterocycles. The van der Waals surface area contributed by atoms with Crippen molar-refractivity contribution in [3.63, 3.8) is 0 Å². The quantitative estimate of drug-likeness (QED) is 0.735. The van der Waals surface area contributed by atoms with Crippen molar-refractivity contribution < 1.29 is 4.79 Å². The summed E-state index contributed by atoms with van der Waals surface area (Å²) >= 11 is 3.34. The van der Waals surface area contributed by atoms with Gasteiger partial charge in [-0.2, -0.15) is 0 Å². The summed E-state index contributed by atoms with van der Waals surface area (Å²) in [6.07, 6.45) is 2.77. The molecule has 1 rings (SSSR count). The predicted molar refractivity (Wildman–Crippen MR) is 48.3 cm³/mol. The molecule has 2 heteroatoms. The summed E-state index contributed by atoms with van der Waals surface area (Å²) < 4.78 is 1.01. The Morgan fingerprint density at radius 3 is 2.82 bits per heavy atom. The van der Waals surface area contributed by atoms with E-state index in [2.05, 4.69) is 15.9 Å². The van der Waals surface area contributed by atoms with Crippen molar-refractivity contribution in [2.45, 2.75) is 13.3 Å². The van der Waals surface area contributed by atoms with Crippen molar-refractivity contribution in [2.75, 3.05) is 0 Å². The summed E-state index contributed by atoms with van der Waals surface area (Å²) in [6, 6.07) is 5.57. The Bertz CT molecular complexity index is 268. The van der Waals surface area contributed by atoms with Crippen LogP contribution >= 0.6 is 15.9 Å². The normalized spacial score (nSPS) is 9.64. The zero-order valence-corrected chi connectivity index (χ0v) is 7.81. The Morgan fingerprint density at radius 2 is 2.27 bits per heavy atom. The summed E-state index contributed by atoms with van der Waals surface area (Å²) in [5.74, 6) is 0. The van der Waals surface area contributed by atoms with Gasteiger partial charge in [-0.05, 0) is 30.2 Å². The van der Waals surface area contributed by atoms with Crippen LogP contribution in [-0.4, -0.2) is 6.29 Å². The second-order valence-electron chi connectivity index (χ2n) is 2.26. The maximum absolute atomic E-state index is 10.4. The van der Waals surface area contributed by atoms with E-state index in [1.165, 1.54) is 0 Å². The molecule has 0 N–H and O–H groups in total. The van der Waals surface area contributed by atoms with Gasteiger partial charge < -0.3 is 0 Å². The maximum Gasteiger partial charge on any atom is 0.233 e. The van der Waals surface area contributed by atoms with Gasteiger partial charge >= 0.3 is 0 Å². The molecule has 0 saturated heterocycles. The van der Waals surface area contributed by atoms with Gasteiger partial charge in [0.05, 0.1) is 0 Å². The number of halogens is 1. The standard InChI is InChI=1S/C9H8BrO/c1-2-7-5-9(10)4-3-8(7)6-11/h3-5H,2H2,1H3. The lowest BCUT2D eigenvalue weighted by molar-refractivity contribution is 0.562. The number of benzene rings is 1. The van der Waals surface area contributed by atoms with Crippen molar-refractivity contribution in [3.05, 3.63) is 33.8 Å². The van der Waals surface area contributed by atoms with E-state index < -0.39 is 0 Å². The van der Waals surface area contributed by atoms with Gasteiger partial charge in [0, 0.05) is 10.0 Å². The molecule has 0 spiro atoms. The zero-order valence-electron chi connectivity index (χ0n) is 6.23. The highest BCUT2D eigenvalue weighted by atomic mass is 79.9. The SMILES string of the molecule is CCc1cc(Br)ccc1[C]=O. The van der Waals surface area contributed by atoms with Gasteiger partial charge in [0.15, 0.2) is 0 Å². The minimum atomic E-state index is 0.663. The summed E-state index contributed by atoms with van der Waals surface area (Å²) in [5, 5.41) is 0. The molecule has 11 heavy (non-hydrogen) atoms. The third-order valence-corrected chi connectivity index (χ3v) is 2.05. The molecular weight excluding hydrogens is 204 g/mol. The maximum atomic E-state index is 10.4. The Labute approximate surface area is 74.6 Å². The number of aryl methyl sites for hydroxylation is 1. The van der Waals surface area contributed by atoms with Crippen LogP contribution < -0.4 is 0 Å². The van der Waals surface area contributed by atoms with E-state index in [-0.39, 0.29) is 0 Å². The van der Waals surface area contributed by atoms with Crippen LogP contribution in [0, 0.1) is 0 Å². The lowest BCUT2D eigenvalue weighted by atomic mass is 10.1. The zero-order chi connectivity index (χ0) is 8.27. The van der Waals surface area contributed by atoms with Crippen molar-refractivity contribution >= 4 is 22.2 Å². The highest BCUT2D eigenvalue weighted by molar-refractivity contribution is 9.10. The molecule has 57 valence electrons. The van der Waals surface area contributed by atoms with Gasteiger partial charge in [0.1, 0.15) is 0 Å². The van der Waals surface area contributed by atoms with E-state index in [9.17, 15) is 4.79 Å². The van der Waals surface area contributed by atoms with Crippen LogP contribution in [0.5, 0.6) is 0 Å². The number of rotatable bonds is 2. The highest BCUT2D eigenvalue weighted by Crippen LogP contribution is 2.15. The van der Waals surface area contributed by atoms with Gasteiger partial charge in [-0.1, -0.05) is 22.9 Å². The van der Waals surface area contributed by atoms with Gasteiger partial charge in [-0.15, -0.1) is 0 Å². The van der Waals surface area contributed by atoms with Crippen LogP contribution in [0.25, 0.3) is 0 Å². The molecule has 1 nitrogen and oxygen atoms in total. The average Bonchev–Trinajstić information content (AvgIpc) is 2.04. The largest absolute Gasteiger partial charge is 0.285 e. The highest BCUT2D eigenvalue weighted by Gasteiger charge is 1.99. The minimum absolute atomic E-state index is 0.663. The summed E-state index contributed by atoms with van der Waals surface area (Å²) in [5.41, 5.74) is 1.70. The van der Waals surface area contributed by atoms with E-state index in [4.69, 9.17) is 0 Å². The smallest absolute Gasteiger partial charge is 0.233 e. The van der Waals surface area contributed by atoms with E-state index >= 15 is 0 Å². The Kier molecular flexibility index (Phi) is 2.83. The fraction of sp³-hybridized carbons (Fsp3) is 0.222. The monoisotopic (exact) mass is 211 g/mol. The molecule has 0 amide bonds. The van der Waals surface area contributed by atoms with Crippen LogP contribution in [0.4, 0.5) is 0 Å². The molecule has 0 unspecified atom stereocenters. The Morgan fingerprint density at radius 1 is 1.55 bits per heavy atom. The molecule has 1 radical (unpaired) electrons. The molecule has 1 aromatic carbocycles. The van der Waals surface area contributed by atoms with Gasteiger partial charge in [-0.25, -0.2) is 0 Å². The summed E-state index contributed by atoms with van der Waals surface area (Å²) in [6.45, 7) is 2.02.